The van der Waals surface area contributed by atoms with Gasteiger partial charge in [-0.05, 0) is 48.2 Å². The van der Waals surface area contributed by atoms with Crippen molar-refractivity contribution in [2.75, 3.05) is 12.8 Å². The van der Waals surface area contributed by atoms with Crippen LogP contribution in [0.4, 0.5) is 5.69 Å². The minimum atomic E-state index is 0.286. The Kier molecular flexibility index (Phi) is 2.85. The van der Waals surface area contributed by atoms with E-state index in [-0.39, 0.29) is 6.04 Å². The molecule has 0 spiro atoms. The van der Waals surface area contributed by atoms with Crippen molar-refractivity contribution in [3.05, 3.63) is 18.2 Å². The van der Waals surface area contributed by atoms with Gasteiger partial charge in [-0.25, -0.2) is 4.68 Å². The number of nitrogens with zero attached hydrogens (tertiary/aromatic N) is 4. The molecule has 3 rings (SSSR count). The van der Waals surface area contributed by atoms with E-state index >= 15 is 0 Å². The van der Waals surface area contributed by atoms with Crippen LogP contribution in [0.2, 0.25) is 0 Å². The summed E-state index contributed by atoms with van der Waals surface area (Å²) in [5.74, 6) is 2.03. The molecule has 1 aliphatic rings. The monoisotopic (exact) mass is 259 g/mol. The predicted molar refractivity (Wildman–Crippen MR) is 71.7 cm³/mol. The molecule has 0 saturated heterocycles. The van der Waals surface area contributed by atoms with Crippen LogP contribution in [0, 0.1) is 5.92 Å². The molecule has 19 heavy (non-hydrogen) atoms. The molecule has 1 unspecified atom stereocenters. The van der Waals surface area contributed by atoms with Gasteiger partial charge in [-0.2, -0.15) is 0 Å². The Bertz CT molecular complexity index is 590. The molecule has 1 atom stereocenters. The Hall–Kier alpha value is -2.11. The van der Waals surface area contributed by atoms with Gasteiger partial charge in [0.25, 0.3) is 0 Å². The number of methoxy groups -OCH3 is 1. The van der Waals surface area contributed by atoms with Crippen molar-refractivity contribution in [2.24, 2.45) is 5.92 Å². The van der Waals surface area contributed by atoms with E-state index in [4.69, 9.17) is 10.5 Å². The fraction of sp³-hybridized carbons (Fsp3) is 0.462. The van der Waals surface area contributed by atoms with Crippen LogP contribution in [0.1, 0.15) is 25.8 Å². The first kappa shape index (κ1) is 12.0. The Morgan fingerprint density at radius 3 is 2.89 bits per heavy atom. The summed E-state index contributed by atoms with van der Waals surface area (Å²) in [6, 6.07) is 5.84. The summed E-state index contributed by atoms with van der Waals surface area (Å²) in [5.41, 5.74) is 7.45. The highest BCUT2D eigenvalue weighted by Gasteiger charge is 2.32. The van der Waals surface area contributed by atoms with Crippen molar-refractivity contribution in [1.29, 1.82) is 0 Å². The number of rotatable bonds is 4. The summed E-state index contributed by atoms with van der Waals surface area (Å²) >= 11 is 0. The quantitative estimate of drug-likeness (QED) is 0.848. The highest BCUT2D eigenvalue weighted by Crippen LogP contribution is 2.42. The zero-order valence-electron chi connectivity index (χ0n) is 11.1. The maximum atomic E-state index is 6.06. The fourth-order valence-corrected chi connectivity index (χ4v) is 2.37. The van der Waals surface area contributed by atoms with Gasteiger partial charge in [0.1, 0.15) is 5.75 Å². The maximum Gasteiger partial charge on any atom is 0.188 e. The summed E-state index contributed by atoms with van der Waals surface area (Å²) in [7, 11) is 1.62. The predicted octanol–water partition coefficient (Wildman–Crippen LogP) is 1.90. The lowest BCUT2D eigenvalue weighted by Crippen LogP contribution is -2.12. The number of benzene rings is 1. The summed E-state index contributed by atoms with van der Waals surface area (Å²) in [4.78, 5) is 0. The summed E-state index contributed by atoms with van der Waals surface area (Å²) < 4.78 is 7.22. The molecule has 0 aliphatic heterocycles. The normalized spacial score (nSPS) is 16.3. The Morgan fingerprint density at radius 2 is 2.21 bits per heavy atom. The zero-order chi connectivity index (χ0) is 13.4. The highest BCUT2D eigenvalue weighted by atomic mass is 16.5. The lowest BCUT2D eigenvalue weighted by molar-refractivity contribution is 0.412. The number of nitrogens with two attached hydrogens (primary N) is 1. The number of hydrogen-bond acceptors (Lipinski definition) is 5. The molecule has 2 N–H and O–H groups in total. The summed E-state index contributed by atoms with van der Waals surface area (Å²) in [5, 5.41) is 12.0. The van der Waals surface area contributed by atoms with Crippen LogP contribution in [0.3, 0.4) is 0 Å². The van der Waals surface area contributed by atoms with Crippen molar-refractivity contribution >= 4 is 5.69 Å². The van der Waals surface area contributed by atoms with Gasteiger partial charge in [0.05, 0.1) is 18.7 Å². The second-order valence-electron chi connectivity index (χ2n) is 4.95. The van der Waals surface area contributed by atoms with Crippen LogP contribution >= 0.6 is 0 Å². The molecule has 6 heteroatoms. The molecule has 1 fully saturated rings. The zero-order valence-corrected chi connectivity index (χ0v) is 11.1. The van der Waals surface area contributed by atoms with Crippen LogP contribution in [0.25, 0.3) is 11.4 Å². The fourth-order valence-electron chi connectivity index (χ4n) is 2.37. The standard InChI is InChI=1S/C13H17N5O/c1-8(9-6-7-9)18-13(15-16-17-18)12-10(14)4-3-5-11(12)19-2/h3-5,8-9H,6-7,14H2,1-2H3. The molecule has 1 aliphatic carbocycles. The van der Waals surface area contributed by atoms with Crippen LogP contribution in [0.5, 0.6) is 5.75 Å². The van der Waals surface area contributed by atoms with E-state index in [1.807, 2.05) is 22.9 Å². The Labute approximate surface area is 111 Å². The molecular formula is C13H17N5O. The average molecular weight is 259 g/mol. The van der Waals surface area contributed by atoms with E-state index in [1.165, 1.54) is 12.8 Å². The van der Waals surface area contributed by atoms with Gasteiger partial charge < -0.3 is 10.5 Å². The van der Waals surface area contributed by atoms with E-state index in [0.717, 1.165) is 5.56 Å². The molecule has 1 aromatic heterocycles. The number of nitrogen functional groups attached to an aromatic ring is 1. The number of tetrazole rings is 1. The van der Waals surface area contributed by atoms with Gasteiger partial charge in [0.15, 0.2) is 5.82 Å². The second-order valence-corrected chi connectivity index (χ2v) is 4.95. The van der Waals surface area contributed by atoms with E-state index in [9.17, 15) is 0 Å². The molecule has 0 bridgehead atoms. The summed E-state index contributed by atoms with van der Waals surface area (Å²) in [6.07, 6.45) is 2.48. The van der Waals surface area contributed by atoms with Crippen LogP contribution in [0.15, 0.2) is 18.2 Å². The molecular weight excluding hydrogens is 242 g/mol. The lowest BCUT2D eigenvalue weighted by Gasteiger charge is -2.15. The van der Waals surface area contributed by atoms with Crippen molar-refractivity contribution < 1.29 is 4.74 Å². The second kappa shape index (κ2) is 4.53. The lowest BCUT2D eigenvalue weighted by atomic mass is 10.1. The van der Waals surface area contributed by atoms with Gasteiger partial charge in [-0.3, -0.25) is 0 Å². The number of hydrogen-bond donors (Lipinski definition) is 1. The third kappa shape index (κ3) is 2.03. The van der Waals surface area contributed by atoms with Crippen LogP contribution < -0.4 is 10.5 Å². The molecule has 1 saturated carbocycles. The molecule has 6 nitrogen and oxygen atoms in total. The topological polar surface area (TPSA) is 78.8 Å². The van der Waals surface area contributed by atoms with Gasteiger partial charge in [0, 0.05) is 5.69 Å². The first-order valence-corrected chi connectivity index (χ1v) is 6.43. The molecule has 100 valence electrons. The van der Waals surface area contributed by atoms with Gasteiger partial charge in [-0.1, -0.05) is 6.07 Å². The Balaban J connectivity index is 2.10. The van der Waals surface area contributed by atoms with E-state index < -0.39 is 0 Å². The minimum absolute atomic E-state index is 0.286. The van der Waals surface area contributed by atoms with Gasteiger partial charge in [0.2, 0.25) is 0 Å². The Morgan fingerprint density at radius 1 is 1.42 bits per heavy atom. The van der Waals surface area contributed by atoms with Gasteiger partial charge in [-0.15, -0.1) is 5.10 Å². The van der Waals surface area contributed by atoms with E-state index in [0.29, 0.717) is 23.2 Å². The maximum absolute atomic E-state index is 6.06. The molecule has 1 heterocycles. The third-order valence-corrected chi connectivity index (χ3v) is 3.68. The van der Waals surface area contributed by atoms with Crippen molar-refractivity contribution in [1.82, 2.24) is 20.2 Å². The van der Waals surface area contributed by atoms with E-state index in [2.05, 4.69) is 22.4 Å². The SMILES string of the molecule is COc1cccc(N)c1-c1nnnn1C(C)C1CC1. The third-order valence-electron chi connectivity index (χ3n) is 3.68. The number of ether oxygens (including phenoxy) is 1. The van der Waals surface area contributed by atoms with Crippen molar-refractivity contribution in [3.63, 3.8) is 0 Å². The molecule has 2 aromatic rings. The van der Waals surface area contributed by atoms with E-state index in [1.54, 1.807) is 7.11 Å². The minimum Gasteiger partial charge on any atom is -0.496 e. The van der Waals surface area contributed by atoms with Crippen LogP contribution in [-0.4, -0.2) is 27.3 Å². The highest BCUT2D eigenvalue weighted by molar-refractivity contribution is 5.77. The van der Waals surface area contributed by atoms with Crippen LogP contribution in [-0.2, 0) is 0 Å². The number of aromatic nitrogens is 4. The average Bonchev–Trinajstić information content (AvgIpc) is 3.16. The largest absolute Gasteiger partial charge is 0.496 e. The first-order chi connectivity index (χ1) is 9.22. The van der Waals surface area contributed by atoms with Gasteiger partial charge >= 0.3 is 0 Å². The smallest absolute Gasteiger partial charge is 0.188 e. The number of anilines is 1. The van der Waals surface area contributed by atoms with Crippen molar-refractivity contribution in [2.45, 2.75) is 25.8 Å². The molecule has 1 aromatic carbocycles. The van der Waals surface area contributed by atoms with Crippen molar-refractivity contribution in [3.8, 4) is 17.1 Å². The first-order valence-electron chi connectivity index (χ1n) is 6.43. The molecule has 0 amide bonds. The summed E-state index contributed by atoms with van der Waals surface area (Å²) in [6.45, 7) is 2.14. The molecule has 0 radical (unpaired) electrons.